The summed E-state index contributed by atoms with van der Waals surface area (Å²) in [5.41, 5.74) is 0.973. The van der Waals surface area contributed by atoms with Gasteiger partial charge >= 0.3 is 0 Å². The Hall–Kier alpha value is -1.50. The molecule has 6 heteroatoms. The zero-order valence-corrected chi connectivity index (χ0v) is 15.2. The van der Waals surface area contributed by atoms with E-state index in [2.05, 4.69) is 4.90 Å². The Morgan fingerprint density at radius 2 is 1.96 bits per heavy atom. The maximum atomic E-state index is 13.0. The first-order valence-corrected chi connectivity index (χ1v) is 9.62. The van der Waals surface area contributed by atoms with E-state index in [4.69, 9.17) is 9.47 Å². The number of rotatable bonds is 5. The standard InChI is InChI=1S/C20H27FN2O3/c21-17-5-3-16(4-6-17)12-22-14-20(15-22)11-18(7-10-26-20)25-13-19(24)23-8-1-2-9-23/h3-6,18H,1-2,7-15H2/t18-/m0/s1. The molecule has 1 spiro atoms. The number of hydrogen-bond donors (Lipinski definition) is 0. The van der Waals surface area contributed by atoms with Gasteiger partial charge in [-0.3, -0.25) is 9.69 Å². The monoisotopic (exact) mass is 362 g/mol. The van der Waals surface area contributed by atoms with Gasteiger partial charge in [0.15, 0.2) is 0 Å². The molecule has 0 N–H and O–H groups in total. The first-order valence-electron chi connectivity index (χ1n) is 9.62. The van der Waals surface area contributed by atoms with E-state index in [0.29, 0.717) is 6.61 Å². The minimum atomic E-state index is -0.201. The third-order valence-corrected chi connectivity index (χ3v) is 5.69. The number of ether oxygens (including phenoxy) is 2. The summed E-state index contributed by atoms with van der Waals surface area (Å²) in [5.74, 6) is -0.0810. The zero-order valence-electron chi connectivity index (χ0n) is 15.2. The molecule has 4 rings (SSSR count). The van der Waals surface area contributed by atoms with Crippen LogP contribution in [0.3, 0.4) is 0 Å². The van der Waals surface area contributed by atoms with Crippen LogP contribution in [-0.4, -0.2) is 66.8 Å². The van der Waals surface area contributed by atoms with Gasteiger partial charge in [0.05, 0.1) is 11.7 Å². The highest BCUT2D eigenvalue weighted by atomic mass is 19.1. The highest BCUT2D eigenvalue weighted by molar-refractivity contribution is 5.77. The van der Waals surface area contributed by atoms with Crippen molar-refractivity contribution in [1.29, 1.82) is 0 Å². The predicted octanol–water partition coefficient (Wildman–Crippen LogP) is 2.20. The molecule has 0 aromatic heterocycles. The summed E-state index contributed by atoms with van der Waals surface area (Å²) in [4.78, 5) is 16.4. The lowest BCUT2D eigenvalue weighted by Gasteiger charge is -2.53. The van der Waals surface area contributed by atoms with Crippen molar-refractivity contribution in [2.45, 2.75) is 43.9 Å². The summed E-state index contributed by atoms with van der Waals surface area (Å²) in [6, 6.07) is 6.67. The largest absolute Gasteiger partial charge is 0.372 e. The zero-order chi connectivity index (χ0) is 18.0. The molecule has 3 aliphatic rings. The lowest BCUT2D eigenvalue weighted by molar-refractivity contribution is -0.200. The van der Waals surface area contributed by atoms with Crippen LogP contribution in [0.5, 0.6) is 0 Å². The van der Waals surface area contributed by atoms with Crippen LogP contribution in [0.2, 0.25) is 0 Å². The van der Waals surface area contributed by atoms with Crippen molar-refractivity contribution >= 4 is 5.91 Å². The van der Waals surface area contributed by atoms with Crippen molar-refractivity contribution in [2.75, 3.05) is 39.4 Å². The second-order valence-electron chi connectivity index (χ2n) is 7.82. The van der Waals surface area contributed by atoms with Crippen LogP contribution >= 0.6 is 0 Å². The molecule has 1 aromatic carbocycles. The summed E-state index contributed by atoms with van der Waals surface area (Å²) in [7, 11) is 0. The van der Waals surface area contributed by atoms with Gasteiger partial charge in [0.1, 0.15) is 12.4 Å². The van der Waals surface area contributed by atoms with Crippen molar-refractivity contribution in [3.05, 3.63) is 35.6 Å². The minimum Gasteiger partial charge on any atom is -0.372 e. The van der Waals surface area contributed by atoms with Crippen molar-refractivity contribution in [3.63, 3.8) is 0 Å². The van der Waals surface area contributed by atoms with E-state index in [-0.39, 0.29) is 30.0 Å². The quantitative estimate of drug-likeness (QED) is 0.805. The van der Waals surface area contributed by atoms with Gasteiger partial charge in [-0.25, -0.2) is 4.39 Å². The number of nitrogens with zero attached hydrogens (tertiary/aromatic N) is 2. The number of amides is 1. The van der Waals surface area contributed by atoms with Crippen LogP contribution in [0.15, 0.2) is 24.3 Å². The molecule has 3 aliphatic heterocycles. The van der Waals surface area contributed by atoms with Crippen molar-refractivity contribution < 1.29 is 18.7 Å². The van der Waals surface area contributed by atoms with Crippen LogP contribution in [-0.2, 0) is 20.8 Å². The molecule has 26 heavy (non-hydrogen) atoms. The van der Waals surface area contributed by atoms with Crippen molar-refractivity contribution in [3.8, 4) is 0 Å². The highest BCUT2D eigenvalue weighted by Crippen LogP contribution is 2.36. The number of benzene rings is 1. The normalized spacial score (nSPS) is 25.4. The van der Waals surface area contributed by atoms with Gasteiger partial charge < -0.3 is 14.4 Å². The first kappa shape index (κ1) is 17.9. The molecule has 0 unspecified atom stereocenters. The Labute approximate surface area is 154 Å². The van der Waals surface area contributed by atoms with Crippen molar-refractivity contribution in [1.82, 2.24) is 9.80 Å². The molecule has 0 saturated carbocycles. The first-order chi connectivity index (χ1) is 12.6. The summed E-state index contributed by atoms with van der Waals surface area (Å²) >= 11 is 0. The van der Waals surface area contributed by atoms with Crippen LogP contribution in [0.25, 0.3) is 0 Å². The fraction of sp³-hybridized carbons (Fsp3) is 0.650. The summed E-state index contributed by atoms with van der Waals surface area (Å²) in [6.07, 6.45) is 4.02. The Balaban J connectivity index is 1.22. The molecular weight excluding hydrogens is 335 g/mol. The van der Waals surface area contributed by atoms with E-state index >= 15 is 0 Å². The predicted molar refractivity (Wildman–Crippen MR) is 95.1 cm³/mol. The maximum Gasteiger partial charge on any atom is 0.248 e. The van der Waals surface area contributed by atoms with E-state index in [1.807, 2.05) is 17.0 Å². The van der Waals surface area contributed by atoms with E-state index in [1.165, 1.54) is 12.1 Å². The van der Waals surface area contributed by atoms with Gasteiger partial charge in [-0.2, -0.15) is 0 Å². The number of carbonyl (C=O) groups is 1. The molecule has 0 aliphatic carbocycles. The molecule has 0 bridgehead atoms. The second kappa shape index (κ2) is 7.62. The minimum absolute atomic E-state index is 0.100. The lowest BCUT2D eigenvalue weighted by atomic mass is 9.84. The third-order valence-electron chi connectivity index (χ3n) is 5.69. The van der Waals surface area contributed by atoms with E-state index < -0.39 is 0 Å². The van der Waals surface area contributed by atoms with Crippen LogP contribution in [0.1, 0.15) is 31.2 Å². The highest BCUT2D eigenvalue weighted by Gasteiger charge is 2.47. The van der Waals surface area contributed by atoms with Gasteiger partial charge in [0.2, 0.25) is 5.91 Å². The number of likely N-dealkylation sites (tertiary alicyclic amines) is 2. The average Bonchev–Trinajstić information content (AvgIpc) is 3.15. The average molecular weight is 362 g/mol. The van der Waals surface area contributed by atoms with Gasteiger partial charge in [-0.15, -0.1) is 0 Å². The lowest BCUT2D eigenvalue weighted by Crippen LogP contribution is -2.65. The van der Waals surface area contributed by atoms with Gasteiger partial charge in [-0.05, 0) is 37.0 Å². The van der Waals surface area contributed by atoms with E-state index in [1.54, 1.807) is 0 Å². The van der Waals surface area contributed by atoms with Crippen molar-refractivity contribution in [2.24, 2.45) is 0 Å². The Morgan fingerprint density at radius 3 is 2.69 bits per heavy atom. The van der Waals surface area contributed by atoms with Crippen LogP contribution < -0.4 is 0 Å². The molecule has 5 nitrogen and oxygen atoms in total. The molecule has 1 amide bonds. The van der Waals surface area contributed by atoms with Gasteiger partial charge in [-0.1, -0.05) is 12.1 Å². The third kappa shape index (κ3) is 4.08. The van der Waals surface area contributed by atoms with Gasteiger partial charge in [0, 0.05) is 45.8 Å². The van der Waals surface area contributed by atoms with Crippen LogP contribution in [0, 0.1) is 5.82 Å². The Morgan fingerprint density at radius 1 is 1.23 bits per heavy atom. The number of hydrogen-bond acceptors (Lipinski definition) is 4. The molecule has 3 saturated heterocycles. The Kier molecular flexibility index (Phi) is 5.25. The molecule has 0 radical (unpaired) electrons. The second-order valence-corrected chi connectivity index (χ2v) is 7.82. The van der Waals surface area contributed by atoms with E-state index in [9.17, 15) is 9.18 Å². The molecule has 1 atom stereocenters. The molecular formula is C20H27FN2O3. The fourth-order valence-corrected chi connectivity index (χ4v) is 4.32. The SMILES string of the molecule is O=C(CO[C@H]1CCOC2(C1)CN(Cc1ccc(F)cc1)C2)N1CCCC1. The van der Waals surface area contributed by atoms with Gasteiger partial charge in [0.25, 0.3) is 0 Å². The molecule has 1 aromatic rings. The molecule has 3 heterocycles. The maximum absolute atomic E-state index is 13.0. The van der Waals surface area contributed by atoms with Crippen LogP contribution in [0.4, 0.5) is 4.39 Å². The molecule has 142 valence electrons. The smallest absolute Gasteiger partial charge is 0.248 e. The van der Waals surface area contributed by atoms with E-state index in [0.717, 1.165) is 64.0 Å². The summed E-state index contributed by atoms with van der Waals surface area (Å²) < 4.78 is 25.0. The summed E-state index contributed by atoms with van der Waals surface area (Å²) in [6.45, 7) is 5.17. The summed E-state index contributed by atoms with van der Waals surface area (Å²) in [5, 5.41) is 0. The molecule has 3 fully saturated rings. The Bertz CT molecular complexity index is 624. The topological polar surface area (TPSA) is 42.0 Å². The fourth-order valence-electron chi connectivity index (χ4n) is 4.32. The number of halogens is 1. The number of carbonyl (C=O) groups excluding carboxylic acids is 1.